The van der Waals surface area contributed by atoms with Crippen molar-refractivity contribution in [3.63, 3.8) is 0 Å². The highest BCUT2D eigenvalue weighted by atomic mass is 79.9. The Kier molecular flexibility index (Phi) is 6.00. The quantitative estimate of drug-likeness (QED) is 0.549. The summed E-state index contributed by atoms with van der Waals surface area (Å²) in [6.07, 6.45) is 2.81. The zero-order chi connectivity index (χ0) is 15.2. The van der Waals surface area contributed by atoms with Gasteiger partial charge in [-0.05, 0) is 53.5 Å². The number of benzene rings is 2. The number of aryl methyl sites for hydroxylation is 1. The smallest absolute Gasteiger partial charge is 0.142 e. The van der Waals surface area contributed by atoms with Gasteiger partial charge in [0.2, 0.25) is 0 Å². The number of hydrogen-bond donors (Lipinski definition) is 0. The van der Waals surface area contributed by atoms with Crippen molar-refractivity contribution in [2.45, 2.75) is 20.3 Å². The van der Waals surface area contributed by atoms with Crippen LogP contribution in [0.4, 0.5) is 5.69 Å². The summed E-state index contributed by atoms with van der Waals surface area (Å²) in [7, 11) is 0. The van der Waals surface area contributed by atoms with E-state index in [0.29, 0.717) is 6.61 Å². The molecule has 2 aromatic rings. The SMILES string of the molecule is CCCOc1c(Br)cc(Br)cc1C=Nc1ccc(C)cc1. The van der Waals surface area contributed by atoms with Crippen molar-refractivity contribution in [1.82, 2.24) is 0 Å². The predicted octanol–water partition coefficient (Wildman–Crippen LogP) is 6.06. The van der Waals surface area contributed by atoms with Crippen molar-refractivity contribution >= 4 is 43.8 Å². The van der Waals surface area contributed by atoms with E-state index in [2.05, 4.69) is 62.8 Å². The average Bonchev–Trinajstić information content (AvgIpc) is 2.45. The Balaban J connectivity index is 2.31. The fraction of sp³-hybridized carbons (Fsp3) is 0.235. The molecule has 0 aliphatic rings. The Bertz CT molecular complexity index is 636. The normalized spacial score (nSPS) is 11.0. The topological polar surface area (TPSA) is 21.6 Å². The van der Waals surface area contributed by atoms with Gasteiger partial charge in [0.15, 0.2) is 0 Å². The van der Waals surface area contributed by atoms with Crippen molar-refractivity contribution in [3.8, 4) is 5.75 Å². The molecule has 0 N–H and O–H groups in total. The van der Waals surface area contributed by atoms with E-state index < -0.39 is 0 Å². The third-order valence-electron chi connectivity index (χ3n) is 2.87. The monoisotopic (exact) mass is 409 g/mol. The zero-order valence-electron chi connectivity index (χ0n) is 12.1. The molecule has 0 atom stereocenters. The molecule has 0 fully saturated rings. The van der Waals surface area contributed by atoms with Gasteiger partial charge < -0.3 is 4.74 Å². The lowest BCUT2D eigenvalue weighted by atomic mass is 10.2. The number of aliphatic imine (C=N–C) groups is 1. The van der Waals surface area contributed by atoms with Crippen LogP contribution in [0.15, 0.2) is 50.3 Å². The fourth-order valence-electron chi connectivity index (χ4n) is 1.81. The molecule has 0 saturated heterocycles. The molecule has 0 aliphatic heterocycles. The van der Waals surface area contributed by atoms with Crippen LogP contribution in [-0.4, -0.2) is 12.8 Å². The van der Waals surface area contributed by atoms with E-state index in [1.165, 1.54) is 5.56 Å². The molecule has 0 radical (unpaired) electrons. The maximum Gasteiger partial charge on any atom is 0.142 e. The van der Waals surface area contributed by atoms with Crippen LogP contribution in [0, 0.1) is 6.92 Å². The van der Waals surface area contributed by atoms with E-state index in [4.69, 9.17) is 4.74 Å². The molecule has 2 rings (SSSR count). The Morgan fingerprint density at radius 3 is 2.52 bits per heavy atom. The summed E-state index contributed by atoms with van der Waals surface area (Å²) in [5, 5.41) is 0. The van der Waals surface area contributed by atoms with Gasteiger partial charge in [-0.15, -0.1) is 0 Å². The maximum absolute atomic E-state index is 5.82. The van der Waals surface area contributed by atoms with Gasteiger partial charge in [-0.25, -0.2) is 0 Å². The number of hydrogen-bond acceptors (Lipinski definition) is 2. The van der Waals surface area contributed by atoms with Crippen LogP contribution in [0.25, 0.3) is 0 Å². The lowest BCUT2D eigenvalue weighted by Gasteiger charge is -2.11. The van der Waals surface area contributed by atoms with Gasteiger partial charge in [0, 0.05) is 16.3 Å². The number of nitrogens with zero attached hydrogens (tertiary/aromatic N) is 1. The van der Waals surface area contributed by atoms with Gasteiger partial charge >= 0.3 is 0 Å². The molecular weight excluding hydrogens is 394 g/mol. The second-order valence-electron chi connectivity index (χ2n) is 4.75. The minimum absolute atomic E-state index is 0.686. The maximum atomic E-state index is 5.82. The number of ether oxygens (including phenoxy) is 1. The predicted molar refractivity (Wildman–Crippen MR) is 96.1 cm³/mol. The third kappa shape index (κ3) is 4.68. The van der Waals surface area contributed by atoms with E-state index >= 15 is 0 Å². The molecule has 0 aliphatic carbocycles. The Hall–Kier alpha value is -1.13. The van der Waals surface area contributed by atoms with E-state index in [9.17, 15) is 0 Å². The van der Waals surface area contributed by atoms with Crippen LogP contribution in [0.2, 0.25) is 0 Å². The minimum atomic E-state index is 0.686. The largest absolute Gasteiger partial charge is 0.492 e. The fourth-order valence-corrected chi connectivity index (χ4v) is 3.18. The summed E-state index contributed by atoms with van der Waals surface area (Å²) in [6.45, 7) is 4.84. The summed E-state index contributed by atoms with van der Waals surface area (Å²) < 4.78 is 7.74. The van der Waals surface area contributed by atoms with Gasteiger partial charge in [0.25, 0.3) is 0 Å². The highest BCUT2D eigenvalue weighted by Crippen LogP contribution is 2.32. The lowest BCUT2D eigenvalue weighted by molar-refractivity contribution is 0.315. The molecule has 0 spiro atoms. The summed E-state index contributed by atoms with van der Waals surface area (Å²) >= 11 is 7.05. The van der Waals surface area contributed by atoms with Crippen LogP contribution in [0.1, 0.15) is 24.5 Å². The first-order valence-corrected chi connectivity index (χ1v) is 8.41. The standard InChI is InChI=1S/C17H17Br2NO/c1-3-8-21-17-13(9-14(18)10-16(17)19)11-20-15-6-4-12(2)5-7-15/h4-7,9-11H,3,8H2,1-2H3. The number of rotatable bonds is 5. The minimum Gasteiger partial charge on any atom is -0.492 e. The molecule has 21 heavy (non-hydrogen) atoms. The molecule has 0 aromatic heterocycles. The average molecular weight is 411 g/mol. The van der Waals surface area contributed by atoms with Crippen LogP contribution < -0.4 is 4.74 Å². The van der Waals surface area contributed by atoms with Gasteiger partial charge in [0.05, 0.1) is 16.8 Å². The van der Waals surface area contributed by atoms with Gasteiger partial charge in [-0.1, -0.05) is 40.5 Å². The third-order valence-corrected chi connectivity index (χ3v) is 3.92. The molecule has 0 unspecified atom stereocenters. The van der Waals surface area contributed by atoms with Gasteiger partial charge in [-0.3, -0.25) is 4.99 Å². The van der Waals surface area contributed by atoms with Crippen molar-refractivity contribution in [2.24, 2.45) is 4.99 Å². The van der Waals surface area contributed by atoms with Crippen molar-refractivity contribution in [1.29, 1.82) is 0 Å². The first kappa shape index (κ1) is 16.2. The van der Waals surface area contributed by atoms with Crippen LogP contribution in [0.5, 0.6) is 5.75 Å². The van der Waals surface area contributed by atoms with Crippen LogP contribution >= 0.6 is 31.9 Å². The first-order valence-electron chi connectivity index (χ1n) is 6.82. The first-order chi connectivity index (χ1) is 10.1. The van der Waals surface area contributed by atoms with Crippen molar-refractivity contribution < 1.29 is 4.74 Å². The molecule has 0 bridgehead atoms. The van der Waals surface area contributed by atoms with Crippen LogP contribution in [-0.2, 0) is 0 Å². The summed E-state index contributed by atoms with van der Waals surface area (Å²) in [6, 6.07) is 12.1. The second kappa shape index (κ2) is 7.76. The van der Waals surface area contributed by atoms with Crippen LogP contribution in [0.3, 0.4) is 0 Å². The lowest BCUT2D eigenvalue weighted by Crippen LogP contribution is -1.99. The highest BCUT2D eigenvalue weighted by molar-refractivity contribution is 9.11. The molecular formula is C17H17Br2NO. The highest BCUT2D eigenvalue weighted by Gasteiger charge is 2.08. The molecule has 4 heteroatoms. The summed E-state index contributed by atoms with van der Waals surface area (Å²) in [4.78, 5) is 4.52. The van der Waals surface area contributed by atoms with Crippen molar-refractivity contribution in [3.05, 3.63) is 56.5 Å². The molecule has 2 nitrogen and oxygen atoms in total. The Labute approximate surface area is 142 Å². The zero-order valence-corrected chi connectivity index (χ0v) is 15.2. The Morgan fingerprint density at radius 1 is 1.14 bits per heavy atom. The van der Waals surface area contributed by atoms with Gasteiger partial charge in [-0.2, -0.15) is 0 Å². The number of halogens is 2. The van der Waals surface area contributed by atoms with E-state index in [0.717, 1.165) is 32.4 Å². The molecule has 0 heterocycles. The molecule has 0 saturated carbocycles. The van der Waals surface area contributed by atoms with Crippen molar-refractivity contribution in [2.75, 3.05) is 6.61 Å². The summed E-state index contributed by atoms with van der Waals surface area (Å²) in [5.74, 6) is 0.830. The van der Waals surface area contributed by atoms with E-state index in [-0.39, 0.29) is 0 Å². The van der Waals surface area contributed by atoms with E-state index in [1.54, 1.807) is 0 Å². The molecule has 0 amide bonds. The second-order valence-corrected chi connectivity index (χ2v) is 6.52. The summed E-state index contributed by atoms with van der Waals surface area (Å²) in [5.41, 5.74) is 3.11. The van der Waals surface area contributed by atoms with E-state index in [1.807, 2.05) is 30.5 Å². The van der Waals surface area contributed by atoms with Gasteiger partial charge in [0.1, 0.15) is 5.75 Å². The Morgan fingerprint density at radius 2 is 1.86 bits per heavy atom. The molecule has 2 aromatic carbocycles. The molecule has 110 valence electrons.